The zero-order valence-electron chi connectivity index (χ0n) is 15.6. The monoisotopic (exact) mass is 471 g/mol. The normalized spacial score (nSPS) is 14.6. The Balaban J connectivity index is 2.44. The molecule has 152 valence electrons. The number of pyridine rings is 1. The van der Waals surface area contributed by atoms with Gasteiger partial charge in [0.2, 0.25) is 5.96 Å². The Bertz CT molecular complexity index is 1230. The minimum absolute atomic E-state index is 0.0378. The summed E-state index contributed by atoms with van der Waals surface area (Å²) in [7, 11) is 0. The van der Waals surface area contributed by atoms with E-state index >= 15 is 0 Å². The number of nitrogens with one attached hydrogen (secondary N) is 2. The van der Waals surface area contributed by atoms with E-state index in [9.17, 15) is 20.5 Å². The highest BCUT2D eigenvalue weighted by Crippen LogP contribution is 2.49. The van der Waals surface area contributed by atoms with E-state index in [-0.39, 0.29) is 67.0 Å². The van der Waals surface area contributed by atoms with E-state index in [1.54, 1.807) is 6.19 Å². The second-order valence-electron chi connectivity index (χ2n) is 6.33. The molecule has 30 heavy (non-hydrogen) atoms. The summed E-state index contributed by atoms with van der Waals surface area (Å²) in [6.07, 6.45) is 1.71. The van der Waals surface area contributed by atoms with Gasteiger partial charge in [0.25, 0.3) is 5.69 Å². The van der Waals surface area contributed by atoms with Gasteiger partial charge < -0.3 is 21.9 Å². The quantitative estimate of drug-likeness (QED) is 0.186. The number of phenolic OH excluding ortho intramolecular Hbond substituents is 1. The first-order valence-electron chi connectivity index (χ1n) is 8.28. The van der Waals surface area contributed by atoms with Gasteiger partial charge in [0.15, 0.2) is 6.19 Å². The summed E-state index contributed by atoms with van der Waals surface area (Å²) >= 11 is 3.19. The Morgan fingerprint density at radius 3 is 2.53 bits per heavy atom. The highest BCUT2D eigenvalue weighted by atomic mass is 79.9. The number of nitriles is 2. The number of nitrogens with two attached hydrogens (primary N) is 2. The number of aromatic nitrogens is 1. The number of aliphatic imine (C=N–C) groups is 1. The van der Waals surface area contributed by atoms with Gasteiger partial charge in [-0.3, -0.25) is 15.4 Å². The molecule has 13 heteroatoms. The minimum atomic E-state index is -1.12. The summed E-state index contributed by atoms with van der Waals surface area (Å²) in [6, 6.07) is 0.747. The number of nitro groups is 1. The van der Waals surface area contributed by atoms with Gasteiger partial charge in [0.1, 0.15) is 35.1 Å². The van der Waals surface area contributed by atoms with Gasteiger partial charge in [-0.05, 0) is 29.8 Å². The molecule has 0 spiro atoms. The van der Waals surface area contributed by atoms with Gasteiger partial charge in [-0.2, -0.15) is 10.5 Å². The Kier molecular flexibility index (Phi) is 5.07. The number of phenols is 1. The van der Waals surface area contributed by atoms with Crippen molar-refractivity contribution in [2.75, 3.05) is 16.8 Å². The number of nitrogen functional groups attached to an aromatic ring is 2. The topological polar surface area (TPSA) is 212 Å². The standard InChI is InChI=1S/C17H14BrN9O3/c1-5-8(14(28)10(18)6(2)13(5)27(29)30)12-9-11(21)7(3-19)15(22)25-16(9)26-17(24-12)23-4-20/h12,28H,1-2H3,(H6,21,22,23,24,25,26). The molecular formula is C17H14BrN9O3. The number of benzene rings is 1. The molecule has 1 aromatic carbocycles. The van der Waals surface area contributed by atoms with E-state index < -0.39 is 11.0 Å². The molecule has 2 heterocycles. The predicted octanol–water partition coefficient (Wildman–Crippen LogP) is 2.05. The zero-order valence-corrected chi connectivity index (χ0v) is 17.2. The van der Waals surface area contributed by atoms with E-state index in [1.807, 2.05) is 6.07 Å². The molecule has 0 radical (unpaired) electrons. The smallest absolute Gasteiger partial charge is 0.276 e. The van der Waals surface area contributed by atoms with Gasteiger partial charge in [-0.1, -0.05) is 0 Å². The van der Waals surface area contributed by atoms with Gasteiger partial charge in [0, 0.05) is 22.3 Å². The van der Waals surface area contributed by atoms with E-state index in [2.05, 4.69) is 36.5 Å². The molecule has 1 aliphatic heterocycles. The number of aromatic hydroxyl groups is 1. The summed E-state index contributed by atoms with van der Waals surface area (Å²) in [6.45, 7) is 2.96. The number of rotatable bonds is 2. The fourth-order valence-corrected chi connectivity index (χ4v) is 3.79. The molecule has 1 aromatic heterocycles. The van der Waals surface area contributed by atoms with Crippen molar-refractivity contribution < 1.29 is 10.0 Å². The van der Waals surface area contributed by atoms with Crippen LogP contribution in [0, 0.1) is 46.7 Å². The molecule has 0 aliphatic carbocycles. The minimum Gasteiger partial charge on any atom is -0.506 e. The first kappa shape index (κ1) is 20.6. The summed E-state index contributed by atoms with van der Waals surface area (Å²) in [5.41, 5.74) is 12.2. The number of hydrogen-bond acceptors (Lipinski definition) is 11. The second-order valence-corrected chi connectivity index (χ2v) is 7.13. The van der Waals surface area contributed by atoms with Crippen LogP contribution < -0.4 is 22.1 Å². The summed E-state index contributed by atoms with van der Waals surface area (Å²) in [4.78, 5) is 19.6. The van der Waals surface area contributed by atoms with Crippen LogP contribution in [0.25, 0.3) is 0 Å². The van der Waals surface area contributed by atoms with Crippen molar-refractivity contribution in [3.63, 3.8) is 0 Å². The summed E-state index contributed by atoms with van der Waals surface area (Å²) in [5, 5.41) is 45.9. The lowest BCUT2D eigenvalue weighted by atomic mass is 9.89. The van der Waals surface area contributed by atoms with Crippen LogP contribution in [0.3, 0.4) is 0 Å². The molecule has 1 atom stereocenters. The van der Waals surface area contributed by atoms with E-state index in [4.69, 9.17) is 16.7 Å². The summed E-state index contributed by atoms with van der Waals surface area (Å²) in [5.74, 6) is -0.373. The second kappa shape index (κ2) is 7.38. The van der Waals surface area contributed by atoms with Crippen molar-refractivity contribution >= 4 is 44.9 Å². The maximum Gasteiger partial charge on any atom is 0.276 e. The maximum absolute atomic E-state index is 11.7. The molecule has 2 aromatic rings. The van der Waals surface area contributed by atoms with Crippen LogP contribution in [0.4, 0.5) is 23.0 Å². The van der Waals surface area contributed by atoms with Crippen LogP contribution in [0.15, 0.2) is 9.47 Å². The first-order valence-corrected chi connectivity index (χ1v) is 9.08. The van der Waals surface area contributed by atoms with Crippen LogP contribution in [0.5, 0.6) is 5.75 Å². The number of hydrogen-bond donors (Lipinski definition) is 5. The number of nitrogens with zero attached hydrogens (tertiary/aromatic N) is 5. The SMILES string of the molecule is Cc1c(Br)c(O)c(C2N=C(NC#N)Nc3nc(N)c(C#N)c(N)c32)c(C)c1[N+](=O)[O-]. The average Bonchev–Trinajstić information content (AvgIpc) is 2.66. The molecular weight excluding hydrogens is 458 g/mol. The lowest BCUT2D eigenvalue weighted by Gasteiger charge is -2.28. The lowest BCUT2D eigenvalue weighted by Crippen LogP contribution is -2.33. The largest absolute Gasteiger partial charge is 0.506 e. The Morgan fingerprint density at radius 2 is 1.97 bits per heavy atom. The number of anilines is 3. The Labute approximate surface area is 178 Å². The van der Waals surface area contributed by atoms with E-state index in [0.29, 0.717) is 0 Å². The lowest BCUT2D eigenvalue weighted by molar-refractivity contribution is -0.386. The fourth-order valence-electron chi connectivity index (χ4n) is 3.38. The van der Waals surface area contributed by atoms with Crippen molar-refractivity contribution in [3.05, 3.63) is 42.4 Å². The van der Waals surface area contributed by atoms with E-state index in [1.165, 1.54) is 13.8 Å². The van der Waals surface area contributed by atoms with Crippen LogP contribution >= 0.6 is 15.9 Å². The molecule has 0 bridgehead atoms. The predicted molar refractivity (Wildman–Crippen MR) is 111 cm³/mol. The van der Waals surface area contributed by atoms with Crippen molar-refractivity contribution in [1.29, 1.82) is 10.5 Å². The molecule has 7 N–H and O–H groups in total. The zero-order chi connectivity index (χ0) is 22.3. The summed E-state index contributed by atoms with van der Waals surface area (Å²) < 4.78 is 0.113. The molecule has 0 fully saturated rings. The molecule has 1 unspecified atom stereocenters. The fraction of sp³-hybridized carbons (Fsp3) is 0.176. The Morgan fingerprint density at radius 1 is 1.30 bits per heavy atom. The number of nitro benzene ring substituents is 1. The average molecular weight is 472 g/mol. The van der Waals surface area contributed by atoms with Crippen LogP contribution in [-0.2, 0) is 0 Å². The molecule has 0 saturated carbocycles. The van der Waals surface area contributed by atoms with Gasteiger partial charge in [-0.15, -0.1) is 0 Å². The third kappa shape index (κ3) is 2.98. The number of guanidine groups is 1. The third-order valence-corrected chi connectivity index (χ3v) is 5.69. The maximum atomic E-state index is 11.7. The molecule has 1 aliphatic rings. The van der Waals surface area contributed by atoms with E-state index in [0.717, 1.165) is 0 Å². The van der Waals surface area contributed by atoms with Gasteiger partial charge >= 0.3 is 0 Å². The van der Waals surface area contributed by atoms with Crippen molar-refractivity contribution in [3.8, 4) is 18.0 Å². The van der Waals surface area contributed by atoms with Gasteiger partial charge in [-0.25, -0.2) is 9.98 Å². The van der Waals surface area contributed by atoms with Crippen LogP contribution in [-0.4, -0.2) is 21.0 Å². The van der Waals surface area contributed by atoms with Crippen molar-refractivity contribution in [1.82, 2.24) is 10.3 Å². The number of halogens is 1. The van der Waals surface area contributed by atoms with Gasteiger partial charge in [0.05, 0.1) is 15.1 Å². The molecule has 12 nitrogen and oxygen atoms in total. The van der Waals surface area contributed by atoms with Crippen molar-refractivity contribution in [2.45, 2.75) is 19.9 Å². The first-order chi connectivity index (χ1) is 14.1. The molecule has 0 amide bonds. The molecule has 3 rings (SSSR count). The molecule has 0 saturated heterocycles. The highest BCUT2D eigenvalue weighted by Gasteiger charge is 2.36. The van der Waals surface area contributed by atoms with Crippen molar-refractivity contribution in [2.24, 2.45) is 4.99 Å². The Hall–Kier alpha value is -4.10. The van der Waals surface area contributed by atoms with Crippen LogP contribution in [0.2, 0.25) is 0 Å². The number of fused-ring (bicyclic) bond motifs is 1. The third-order valence-electron chi connectivity index (χ3n) is 4.72. The highest BCUT2D eigenvalue weighted by molar-refractivity contribution is 9.10. The van der Waals surface area contributed by atoms with Crippen LogP contribution in [0.1, 0.15) is 33.9 Å².